The molecule has 5 heteroatoms. The SMILES string of the molecule is CCCCCCCCOc1cccc(OC(=O)CCCC(C)C)c1OC(=O)CCCC(C)C. The summed E-state index contributed by atoms with van der Waals surface area (Å²) in [7, 11) is 0. The van der Waals surface area contributed by atoms with Crippen LogP contribution in [0.1, 0.15) is 112 Å². The van der Waals surface area contributed by atoms with Crippen LogP contribution in [0.5, 0.6) is 17.2 Å². The fourth-order valence-electron chi connectivity index (χ4n) is 3.50. The summed E-state index contributed by atoms with van der Waals surface area (Å²) in [5.41, 5.74) is 0. The van der Waals surface area contributed by atoms with Crippen LogP contribution in [0, 0.1) is 11.8 Å². The summed E-state index contributed by atoms with van der Waals surface area (Å²) < 4.78 is 17.2. The molecule has 0 bridgehead atoms. The average Bonchev–Trinajstić information content (AvgIpc) is 2.74. The Morgan fingerprint density at radius 2 is 1.27 bits per heavy atom. The molecule has 5 nitrogen and oxygen atoms in total. The Balaban J connectivity index is 2.78. The molecule has 0 saturated carbocycles. The van der Waals surface area contributed by atoms with Gasteiger partial charge in [-0.1, -0.05) is 85.6 Å². The third-order valence-corrected chi connectivity index (χ3v) is 5.46. The van der Waals surface area contributed by atoms with Crippen LogP contribution in [0.25, 0.3) is 0 Å². The van der Waals surface area contributed by atoms with Gasteiger partial charge in [-0.15, -0.1) is 0 Å². The summed E-state index contributed by atoms with van der Waals surface area (Å²) >= 11 is 0. The molecule has 0 fully saturated rings. The van der Waals surface area contributed by atoms with Gasteiger partial charge in [-0.3, -0.25) is 9.59 Å². The molecule has 0 atom stereocenters. The third kappa shape index (κ3) is 14.0. The van der Waals surface area contributed by atoms with Crippen molar-refractivity contribution in [1.29, 1.82) is 0 Å². The first-order valence-electron chi connectivity index (χ1n) is 13.0. The Kier molecular flexibility index (Phi) is 15.3. The van der Waals surface area contributed by atoms with E-state index in [0.717, 1.165) is 38.5 Å². The van der Waals surface area contributed by atoms with Crippen molar-refractivity contribution in [2.24, 2.45) is 11.8 Å². The molecular formula is C28H46O5. The summed E-state index contributed by atoms with van der Waals surface area (Å²) in [5.74, 6) is 1.35. The van der Waals surface area contributed by atoms with Crippen LogP contribution in [0.3, 0.4) is 0 Å². The zero-order valence-electron chi connectivity index (χ0n) is 21.6. The Hall–Kier alpha value is -2.04. The van der Waals surface area contributed by atoms with Gasteiger partial charge >= 0.3 is 11.9 Å². The molecule has 0 amide bonds. The predicted molar refractivity (Wildman–Crippen MR) is 134 cm³/mol. The molecule has 0 aliphatic rings. The summed E-state index contributed by atoms with van der Waals surface area (Å²) in [6.07, 6.45) is 11.1. The number of hydrogen-bond donors (Lipinski definition) is 0. The van der Waals surface area contributed by atoms with Gasteiger partial charge in [-0.05, 0) is 43.2 Å². The van der Waals surface area contributed by atoms with Crippen molar-refractivity contribution in [3.63, 3.8) is 0 Å². The van der Waals surface area contributed by atoms with Gasteiger partial charge in [-0.25, -0.2) is 0 Å². The van der Waals surface area contributed by atoms with Gasteiger partial charge in [0.05, 0.1) is 6.61 Å². The van der Waals surface area contributed by atoms with Crippen LogP contribution < -0.4 is 14.2 Å². The highest BCUT2D eigenvalue weighted by Crippen LogP contribution is 2.38. The highest BCUT2D eigenvalue weighted by atomic mass is 16.6. The lowest BCUT2D eigenvalue weighted by atomic mass is 10.1. The van der Waals surface area contributed by atoms with Gasteiger partial charge in [0, 0.05) is 12.8 Å². The molecule has 0 aliphatic carbocycles. The monoisotopic (exact) mass is 462 g/mol. The second kappa shape index (κ2) is 17.4. The molecule has 0 unspecified atom stereocenters. The van der Waals surface area contributed by atoms with Gasteiger partial charge in [0.15, 0.2) is 11.5 Å². The number of carbonyl (C=O) groups is 2. The van der Waals surface area contributed by atoms with Crippen molar-refractivity contribution in [3.05, 3.63) is 18.2 Å². The highest BCUT2D eigenvalue weighted by Gasteiger charge is 2.19. The first-order valence-corrected chi connectivity index (χ1v) is 13.0. The molecule has 0 radical (unpaired) electrons. The highest BCUT2D eigenvalue weighted by molar-refractivity contribution is 5.77. The van der Waals surface area contributed by atoms with Gasteiger partial charge in [0.2, 0.25) is 5.75 Å². The fraction of sp³-hybridized carbons (Fsp3) is 0.714. The Morgan fingerprint density at radius 1 is 0.727 bits per heavy atom. The topological polar surface area (TPSA) is 61.8 Å². The maximum absolute atomic E-state index is 12.5. The van der Waals surface area contributed by atoms with E-state index in [1.165, 1.54) is 25.7 Å². The number of unbranched alkanes of at least 4 members (excludes halogenated alkanes) is 5. The number of carbonyl (C=O) groups excluding carboxylic acids is 2. The molecule has 33 heavy (non-hydrogen) atoms. The van der Waals surface area contributed by atoms with Gasteiger partial charge in [-0.2, -0.15) is 0 Å². The molecule has 1 aromatic carbocycles. The summed E-state index contributed by atoms with van der Waals surface area (Å²) in [6.45, 7) is 11.3. The maximum Gasteiger partial charge on any atom is 0.311 e. The molecular weight excluding hydrogens is 416 g/mol. The molecule has 0 saturated heterocycles. The van der Waals surface area contributed by atoms with Gasteiger partial charge in [0.1, 0.15) is 0 Å². The quantitative estimate of drug-likeness (QED) is 0.126. The van der Waals surface area contributed by atoms with Crippen molar-refractivity contribution in [2.45, 2.75) is 112 Å². The summed E-state index contributed by atoms with van der Waals surface area (Å²) in [6, 6.07) is 5.20. The Morgan fingerprint density at radius 3 is 1.88 bits per heavy atom. The number of ether oxygens (including phenoxy) is 3. The van der Waals surface area contributed by atoms with E-state index in [4.69, 9.17) is 14.2 Å². The zero-order chi connectivity index (χ0) is 24.5. The van der Waals surface area contributed by atoms with E-state index in [-0.39, 0.29) is 23.4 Å². The molecule has 188 valence electrons. The molecule has 1 rings (SSSR count). The van der Waals surface area contributed by atoms with Crippen LogP contribution in [0.2, 0.25) is 0 Å². The predicted octanol–water partition coefficient (Wildman–Crippen LogP) is 7.89. The molecule has 0 heterocycles. The first kappa shape index (κ1) is 29.0. The van der Waals surface area contributed by atoms with E-state index in [0.29, 0.717) is 37.0 Å². The van der Waals surface area contributed by atoms with Crippen molar-refractivity contribution < 1.29 is 23.8 Å². The van der Waals surface area contributed by atoms with E-state index in [1.54, 1.807) is 18.2 Å². The maximum atomic E-state index is 12.5. The van der Waals surface area contributed by atoms with Gasteiger partial charge < -0.3 is 14.2 Å². The second-order valence-electron chi connectivity index (χ2n) is 9.72. The van der Waals surface area contributed by atoms with Gasteiger partial charge in [0.25, 0.3) is 0 Å². The minimum Gasteiger partial charge on any atom is -0.490 e. The Bertz CT molecular complexity index is 681. The van der Waals surface area contributed by atoms with Crippen molar-refractivity contribution >= 4 is 11.9 Å². The van der Waals surface area contributed by atoms with Crippen molar-refractivity contribution in [2.75, 3.05) is 6.61 Å². The molecule has 1 aromatic rings. The zero-order valence-corrected chi connectivity index (χ0v) is 21.6. The van der Waals surface area contributed by atoms with Crippen LogP contribution in [-0.2, 0) is 9.59 Å². The lowest BCUT2D eigenvalue weighted by molar-refractivity contribution is -0.137. The van der Waals surface area contributed by atoms with E-state index < -0.39 is 0 Å². The van der Waals surface area contributed by atoms with E-state index in [1.807, 2.05) is 0 Å². The van der Waals surface area contributed by atoms with Crippen LogP contribution in [0.4, 0.5) is 0 Å². The van der Waals surface area contributed by atoms with Crippen LogP contribution >= 0.6 is 0 Å². The average molecular weight is 463 g/mol. The number of rotatable bonds is 18. The number of para-hydroxylation sites is 1. The smallest absolute Gasteiger partial charge is 0.311 e. The first-order chi connectivity index (χ1) is 15.8. The van der Waals surface area contributed by atoms with Crippen molar-refractivity contribution in [1.82, 2.24) is 0 Å². The minimum absolute atomic E-state index is 0.218. The van der Waals surface area contributed by atoms with Crippen molar-refractivity contribution in [3.8, 4) is 17.2 Å². The Labute approximate surface area is 201 Å². The molecule has 0 N–H and O–H groups in total. The number of benzene rings is 1. The molecule has 0 aliphatic heterocycles. The largest absolute Gasteiger partial charge is 0.490 e. The van der Waals surface area contributed by atoms with E-state index >= 15 is 0 Å². The lowest BCUT2D eigenvalue weighted by Gasteiger charge is -2.15. The van der Waals surface area contributed by atoms with Crippen LogP contribution in [-0.4, -0.2) is 18.5 Å². The normalized spacial score (nSPS) is 11.1. The minimum atomic E-state index is -0.330. The van der Waals surface area contributed by atoms with Crippen LogP contribution in [0.15, 0.2) is 18.2 Å². The second-order valence-corrected chi connectivity index (χ2v) is 9.72. The number of hydrogen-bond acceptors (Lipinski definition) is 5. The lowest BCUT2D eigenvalue weighted by Crippen LogP contribution is -2.13. The molecule has 0 spiro atoms. The summed E-state index contributed by atoms with van der Waals surface area (Å²) in [5, 5.41) is 0. The fourth-order valence-corrected chi connectivity index (χ4v) is 3.50. The summed E-state index contributed by atoms with van der Waals surface area (Å²) in [4.78, 5) is 24.9. The third-order valence-electron chi connectivity index (χ3n) is 5.46. The van der Waals surface area contributed by atoms with E-state index in [9.17, 15) is 9.59 Å². The number of esters is 2. The molecule has 0 aromatic heterocycles. The standard InChI is InChI=1S/C28H46O5/c1-6-7-8-9-10-11-21-31-24-17-14-18-25(32-26(29)19-12-15-22(2)3)28(24)33-27(30)20-13-16-23(4)5/h14,17-18,22-23H,6-13,15-16,19-21H2,1-5H3. The van der Waals surface area contributed by atoms with E-state index in [2.05, 4.69) is 34.6 Å².